The van der Waals surface area contributed by atoms with E-state index in [9.17, 15) is 0 Å². The minimum absolute atomic E-state index is 0.905. The molecule has 0 fully saturated rings. The highest BCUT2D eigenvalue weighted by Gasteiger charge is 2.17. The van der Waals surface area contributed by atoms with Gasteiger partial charge in [-0.1, -0.05) is 78.9 Å². The van der Waals surface area contributed by atoms with E-state index in [1.165, 1.54) is 53.8 Å². The largest absolute Gasteiger partial charge is 0.309 e. The quantitative estimate of drug-likeness (QED) is 0.215. The number of aromatic nitrogens is 4. The Labute approximate surface area is 227 Å². The van der Waals surface area contributed by atoms with Crippen molar-refractivity contribution in [1.29, 1.82) is 0 Å². The monoisotopic (exact) mass is 516 g/mol. The molecule has 0 saturated heterocycles. The molecule has 4 heterocycles. The molecule has 0 unspecified atom stereocenters. The number of benzene rings is 5. The molecule has 0 aliphatic carbocycles. The molecule has 0 atom stereocenters. The van der Waals surface area contributed by atoms with Gasteiger partial charge in [-0.2, -0.15) is 5.10 Å². The van der Waals surface area contributed by atoms with Crippen molar-refractivity contribution in [3.63, 3.8) is 0 Å². The van der Waals surface area contributed by atoms with Gasteiger partial charge in [0.2, 0.25) is 0 Å². The van der Waals surface area contributed by atoms with Crippen molar-refractivity contribution in [1.82, 2.24) is 19.2 Å². The summed E-state index contributed by atoms with van der Waals surface area (Å²) in [5.41, 5.74) is 6.77. The van der Waals surface area contributed by atoms with Gasteiger partial charge in [0.25, 0.3) is 0 Å². The van der Waals surface area contributed by atoms with Crippen molar-refractivity contribution >= 4 is 70.6 Å². The SMILES string of the molecule is c1cc(-c2cc3c(s2)c2ncnn2c2ccc4ccccc4c32)cc(-n2c3ccccc3c3ccccc32)c1. The molecule has 9 rings (SSSR count). The molecule has 0 saturated carbocycles. The number of hydrogen-bond donors (Lipinski definition) is 0. The van der Waals surface area contributed by atoms with Crippen LogP contribution in [-0.2, 0) is 0 Å². The fraction of sp³-hybridized carbons (Fsp3) is 0. The summed E-state index contributed by atoms with van der Waals surface area (Å²) in [5.74, 6) is 0. The topological polar surface area (TPSA) is 35.1 Å². The van der Waals surface area contributed by atoms with Crippen molar-refractivity contribution in [2.45, 2.75) is 0 Å². The van der Waals surface area contributed by atoms with E-state index in [1.807, 2.05) is 4.52 Å². The number of para-hydroxylation sites is 2. The molecule has 0 aliphatic rings. The molecular formula is C34H20N4S. The fourth-order valence-corrected chi connectivity index (χ4v) is 7.32. The van der Waals surface area contributed by atoms with E-state index in [0.717, 1.165) is 21.6 Å². The van der Waals surface area contributed by atoms with Gasteiger partial charge >= 0.3 is 0 Å². The van der Waals surface area contributed by atoms with Gasteiger partial charge in [0.05, 0.1) is 21.3 Å². The predicted octanol–water partition coefficient (Wildman–Crippen LogP) is 9.01. The van der Waals surface area contributed by atoms with Crippen LogP contribution < -0.4 is 0 Å². The molecule has 0 N–H and O–H groups in total. The summed E-state index contributed by atoms with van der Waals surface area (Å²) in [5, 5.41) is 12.1. The first-order valence-electron chi connectivity index (χ1n) is 13.0. The van der Waals surface area contributed by atoms with Crippen LogP contribution >= 0.6 is 11.3 Å². The zero-order valence-corrected chi connectivity index (χ0v) is 21.6. The average Bonchev–Trinajstić information content (AvgIpc) is 3.73. The van der Waals surface area contributed by atoms with Gasteiger partial charge in [0.15, 0.2) is 5.65 Å². The van der Waals surface area contributed by atoms with Gasteiger partial charge < -0.3 is 4.57 Å². The Kier molecular flexibility index (Phi) is 4.18. The Morgan fingerprint density at radius 2 is 1.33 bits per heavy atom. The van der Waals surface area contributed by atoms with Crippen LogP contribution in [0.25, 0.3) is 75.3 Å². The summed E-state index contributed by atoms with van der Waals surface area (Å²) in [6.45, 7) is 0. The first kappa shape index (κ1) is 21.0. The van der Waals surface area contributed by atoms with Crippen molar-refractivity contribution in [3.8, 4) is 16.1 Å². The second-order valence-electron chi connectivity index (χ2n) is 9.95. The molecule has 4 nitrogen and oxygen atoms in total. The molecule has 182 valence electrons. The lowest BCUT2D eigenvalue weighted by Gasteiger charge is -2.09. The zero-order chi connectivity index (χ0) is 25.5. The van der Waals surface area contributed by atoms with Gasteiger partial charge in [0.1, 0.15) is 6.33 Å². The van der Waals surface area contributed by atoms with Crippen LogP contribution in [0.1, 0.15) is 0 Å². The maximum Gasteiger partial charge on any atom is 0.173 e. The van der Waals surface area contributed by atoms with Crippen LogP contribution in [0.4, 0.5) is 0 Å². The van der Waals surface area contributed by atoms with Crippen LogP contribution in [-0.4, -0.2) is 19.2 Å². The smallest absolute Gasteiger partial charge is 0.173 e. The summed E-state index contributed by atoms with van der Waals surface area (Å²) >= 11 is 1.79. The number of fused-ring (bicyclic) bond motifs is 11. The fourth-order valence-electron chi connectivity index (χ4n) is 6.18. The molecule has 5 aromatic carbocycles. The van der Waals surface area contributed by atoms with Crippen LogP contribution in [0.5, 0.6) is 0 Å². The summed E-state index contributed by atoms with van der Waals surface area (Å²) in [6.07, 6.45) is 1.66. The van der Waals surface area contributed by atoms with Crippen LogP contribution in [0.2, 0.25) is 0 Å². The predicted molar refractivity (Wildman–Crippen MR) is 163 cm³/mol. The molecule has 5 heteroatoms. The Morgan fingerprint density at radius 3 is 2.15 bits per heavy atom. The Morgan fingerprint density at radius 1 is 0.590 bits per heavy atom. The molecule has 39 heavy (non-hydrogen) atoms. The van der Waals surface area contributed by atoms with Crippen LogP contribution in [0, 0.1) is 0 Å². The minimum atomic E-state index is 0.905. The summed E-state index contributed by atoms with van der Waals surface area (Å²) in [7, 11) is 0. The molecule has 0 spiro atoms. The lowest BCUT2D eigenvalue weighted by Crippen LogP contribution is -1.93. The third-order valence-electron chi connectivity index (χ3n) is 7.86. The van der Waals surface area contributed by atoms with Gasteiger partial charge in [0, 0.05) is 32.1 Å². The Bertz CT molecular complexity index is 2350. The summed E-state index contributed by atoms with van der Waals surface area (Å²) in [6, 6.07) is 41.5. The Balaban J connectivity index is 1.33. The third-order valence-corrected chi connectivity index (χ3v) is 9.04. The van der Waals surface area contributed by atoms with E-state index in [0.29, 0.717) is 0 Å². The maximum atomic E-state index is 4.67. The average molecular weight is 517 g/mol. The van der Waals surface area contributed by atoms with Crippen molar-refractivity contribution < 1.29 is 0 Å². The number of thiophene rings is 1. The second-order valence-corrected chi connectivity index (χ2v) is 11.0. The van der Waals surface area contributed by atoms with Gasteiger partial charge in [-0.05, 0) is 52.7 Å². The van der Waals surface area contributed by atoms with E-state index in [2.05, 4.69) is 130 Å². The second kappa shape index (κ2) is 7.76. The molecule has 9 aromatic rings. The summed E-state index contributed by atoms with van der Waals surface area (Å²) < 4.78 is 5.52. The molecule has 4 aromatic heterocycles. The van der Waals surface area contributed by atoms with Crippen molar-refractivity contribution in [3.05, 3.63) is 122 Å². The maximum absolute atomic E-state index is 4.67. The number of hydrogen-bond acceptors (Lipinski definition) is 3. The Hall–Kier alpha value is -5.00. The van der Waals surface area contributed by atoms with E-state index < -0.39 is 0 Å². The van der Waals surface area contributed by atoms with Crippen LogP contribution in [0.3, 0.4) is 0 Å². The first-order chi connectivity index (χ1) is 19.3. The number of nitrogens with zero attached hydrogens (tertiary/aromatic N) is 4. The lowest BCUT2D eigenvalue weighted by atomic mass is 10.0. The van der Waals surface area contributed by atoms with E-state index in [1.54, 1.807) is 17.7 Å². The highest BCUT2D eigenvalue weighted by Crippen LogP contribution is 2.42. The zero-order valence-electron chi connectivity index (χ0n) is 20.7. The number of pyridine rings is 1. The highest BCUT2D eigenvalue weighted by molar-refractivity contribution is 7.23. The first-order valence-corrected chi connectivity index (χ1v) is 13.8. The van der Waals surface area contributed by atoms with Crippen LogP contribution in [0.15, 0.2) is 122 Å². The van der Waals surface area contributed by atoms with Gasteiger partial charge in [-0.25, -0.2) is 9.50 Å². The van der Waals surface area contributed by atoms with Crippen molar-refractivity contribution in [2.24, 2.45) is 0 Å². The standard InChI is InChI=1S/C34H20N4S/c1-2-11-24-21(8-1)16-17-30-32(24)27-19-31(39-33(27)34-35-20-36-38(30)34)22-9-7-10-23(18-22)37-28-14-5-3-12-25(28)26-13-4-6-15-29(26)37/h1-20H. The lowest BCUT2D eigenvalue weighted by molar-refractivity contribution is 1.01. The molecule has 0 aliphatic heterocycles. The third kappa shape index (κ3) is 2.88. The van der Waals surface area contributed by atoms with E-state index in [-0.39, 0.29) is 0 Å². The van der Waals surface area contributed by atoms with Crippen molar-refractivity contribution in [2.75, 3.05) is 0 Å². The van der Waals surface area contributed by atoms with Gasteiger partial charge in [-0.15, -0.1) is 11.3 Å². The van der Waals surface area contributed by atoms with E-state index >= 15 is 0 Å². The van der Waals surface area contributed by atoms with Gasteiger partial charge in [-0.3, -0.25) is 0 Å². The molecular weight excluding hydrogens is 496 g/mol. The summed E-state index contributed by atoms with van der Waals surface area (Å²) in [4.78, 5) is 5.89. The van der Waals surface area contributed by atoms with E-state index in [4.69, 9.17) is 0 Å². The normalized spacial score (nSPS) is 12.1. The minimum Gasteiger partial charge on any atom is -0.309 e. The molecule has 0 radical (unpaired) electrons. The molecule has 0 amide bonds. The molecule has 0 bridgehead atoms. The highest BCUT2D eigenvalue weighted by atomic mass is 32.1. The number of rotatable bonds is 2.